The zero-order chi connectivity index (χ0) is 13.9. The molecule has 4 nitrogen and oxygen atoms in total. The standard InChI is InChI=1S/C13H22N2O2S/c1-6-17-13(16)11-10(8(4)5)15-12(18-11)9(14)7(2)3/h7-9H,6,14H2,1-5H3. The minimum Gasteiger partial charge on any atom is -0.462 e. The Morgan fingerprint density at radius 3 is 2.44 bits per heavy atom. The average Bonchev–Trinajstić information content (AvgIpc) is 2.72. The van der Waals surface area contributed by atoms with Gasteiger partial charge in [0.25, 0.3) is 0 Å². The lowest BCUT2D eigenvalue weighted by molar-refractivity contribution is 0.0530. The van der Waals surface area contributed by atoms with Crippen molar-refractivity contribution in [2.75, 3.05) is 6.61 Å². The van der Waals surface area contributed by atoms with Crippen molar-refractivity contribution < 1.29 is 9.53 Å². The van der Waals surface area contributed by atoms with E-state index in [0.29, 0.717) is 17.4 Å². The van der Waals surface area contributed by atoms with Crippen molar-refractivity contribution in [3.05, 3.63) is 15.6 Å². The van der Waals surface area contributed by atoms with Gasteiger partial charge in [-0.15, -0.1) is 11.3 Å². The van der Waals surface area contributed by atoms with E-state index in [1.165, 1.54) is 11.3 Å². The molecule has 1 rings (SSSR count). The molecule has 1 aromatic rings. The van der Waals surface area contributed by atoms with Crippen LogP contribution in [0.15, 0.2) is 0 Å². The molecule has 1 heterocycles. The van der Waals surface area contributed by atoms with Crippen LogP contribution in [0, 0.1) is 5.92 Å². The lowest BCUT2D eigenvalue weighted by atomic mass is 10.1. The lowest BCUT2D eigenvalue weighted by Crippen LogP contribution is -2.16. The zero-order valence-corrected chi connectivity index (χ0v) is 12.5. The number of carbonyl (C=O) groups is 1. The molecule has 0 aromatic carbocycles. The van der Waals surface area contributed by atoms with Crippen LogP contribution in [0.2, 0.25) is 0 Å². The second kappa shape index (κ2) is 6.29. The number of esters is 1. The molecule has 0 saturated heterocycles. The number of nitrogens with two attached hydrogens (primary N) is 1. The summed E-state index contributed by atoms with van der Waals surface area (Å²) in [5.74, 6) is 0.195. The molecule has 0 aliphatic heterocycles. The van der Waals surface area contributed by atoms with Crippen LogP contribution in [0.25, 0.3) is 0 Å². The normalized spacial score (nSPS) is 13.1. The molecule has 0 bridgehead atoms. The van der Waals surface area contributed by atoms with Gasteiger partial charge in [-0.1, -0.05) is 27.7 Å². The Bertz CT molecular complexity index is 413. The molecule has 2 N–H and O–H groups in total. The van der Waals surface area contributed by atoms with Gasteiger partial charge >= 0.3 is 5.97 Å². The SMILES string of the molecule is CCOC(=O)c1sc(C(N)C(C)C)nc1C(C)C. The van der Waals surface area contributed by atoms with E-state index in [2.05, 4.69) is 4.98 Å². The number of hydrogen-bond acceptors (Lipinski definition) is 5. The molecular weight excluding hydrogens is 248 g/mol. The summed E-state index contributed by atoms with van der Waals surface area (Å²) in [6.07, 6.45) is 0. The monoisotopic (exact) mass is 270 g/mol. The number of thiazole rings is 1. The van der Waals surface area contributed by atoms with Gasteiger partial charge in [-0.05, 0) is 18.8 Å². The molecule has 0 aliphatic rings. The second-order valence-electron chi connectivity index (χ2n) is 4.91. The van der Waals surface area contributed by atoms with Crippen LogP contribution in [-0.4, -0.2) is 17.6 Å². The molecular formula is C13H22N2O2S. The molecule has 0 amide bonds. The molecule has 0 fully saturated rings. The maximum Gasteiger partial charge on any atom is 0.350 e. The maximum atomic E-state index is 11.9. The predicted octanol–water partition coefficient (Wildman–Crippen LogP) is 3.10. The highest BCUT2D eigenvalue weighted by molar-refractivity contribution is 7.13. The number of ether oxygens (including phenoxy) is 1. The minimum absolute atomic E-state index is 0.129. The van der Waals surface area contributed by atoms with E-state index >= 15 is 0 Å². The van der Waals surface area contributed by atoms with E-state index in [4.69, 9.17) is 10.5 Å². The smallest absolute Gasteiger partial charge is 0.350 e. The van der Waals surface area contributed by atoms with Crippen molar-refractivity contribution in [2.45, 2.75) is 46.6 Å². The topological polar surface area (TPSA) is 65.2 Å². The van der Waals surface area contributed by atoms with Crippen LogP contribution >= 0.6 is 11.3 Å². The van der Waals surface area contributed by atoms with Crippen molar-refractivity contribution in [1.82, 2.24) is 4.98 Å². The molecule has 18 heavy (non-hydrogen) atoms. The number of hydrogen-bond donors (Lipinski definition) is 1. The quantitative estimate of drug-likeness (QED) is 0.835. The average molecular weight is 270 g/mol. The van der Waals surface area contributed by atoms with Crippen LogP contribution in [0.4, 0.5) is 0 Å². The molecule has 1 unspecified atom stereocenters. The Morgan fingerprint density at radius 2 is 2.00 bits per heavy atom. The van der Waals surface area contributed by atoms with Crippen LogP contribution in [0.3, 0.4) is 0 Å². The number of rotatable bonds is 5. The highest BCUT2D eigenvalue weighted by atomic mass is 32.1. The third-order valence-electron chi connectivity index (χ3n) is 2.68. The summed E-state index contributed by atoms with van der Waals surface area (Å²) < 4.78 is 5.06. The summed E-state index contributed by atoms with van der Waals surface area (Å²) in [6, 6.07) is -0.129. The van der Waals surface area contributed by atoms with Crippen LogP contribution < -0.4 is 5.73 Å². The lowest BCUT2D eigenvalue weighted by Gasteiger charge is -2.11. The van der Waals surface area contributed by atoms with Gasteiger partial charge in [0.1, 0.15) is 9.88 Å². The third-order valence-corrected chi connectivity index (χ3v) is 3.83. The summed E-state index contributed by atoms with van der Waals surface area (Å²) in [5, 5.41) is 0.816. The van der Waals surface area contributed by atoms with Crippen molar-refractivity contribution in [3.63, 3.8) is 0 Å². The van der Waals surface area contributed by atoms with E-state index < -0.39 is 0 Å². The van der Waals surface area contributed by atoms with Gasteiger partial charge in [-0.3, -0.25) is 0 Å². The van der Waals surface area contributed by atoms with Crippen molar-refractivity contribution >= 4 is 17.3 Å². The summed E-state index contributed by atoms with van der Waals surface area (Å²) in [5.41, 5.74) is 6.89. The largest absolute Gasteiger partial charge is 0.462 e. The van der Waals surface area contributed by atoms with Crippen molar-refractivity contribution in [3.8, 4) is 0 Å². The fraction of sp³-hybridized carbons (Fsp3) is 0.692. The van der Waals surface area contributed by atoms with Gasteiger partial charge in [0, 0.05) is 0 Å². The molecule has 0 aliphatic carbocycles. The number of aromatic nitrogens is 1. The Labute approximate surface area is 113 Å². The van der Waals surface area contributed by atoms with Crippen LogP contribution in [-0.2, 0) is 4.74 Å². The highest BCUT2D eigenvalue weighted by Gasteiger charge is 2.24. The first-order valence-corrected chi connectivity index (χ1v) is 7.13. The first-order chi connectivity index (χ1) is 8.38. The first-order valence-electron chi connectivity index (χ1n) is 6.31. The molecule has 1 aromatic heterocycles. The molecule has 1 atom stereocenters. The number of nitrogens with zero attached hydrogens (tertiary/aromatic N) is 1. The number of carbonyl (C=O) groups excluding carboxylic acids is 1. The third kappa shape index (κ3) is 3.29. The van der Waals surface area contributed by atoms with Crippen LogP contribution in [0.1, 0.15) is 67.0 Å². The fourth-order valence-electron chi connectivity index (χ4n) is 1.51. The fourth-order valence-corrected chi connectivity index (χ4v) is 2.80. The minimum atomic E-state index is -0.291. The van der Waals surface area contributed by atoms with E-state index in [9.17, 15) is 4.79 Å². The highest BCUT2D eigenvalue weighted by Crippen LogP contribution is 2.31. The zero-order valence-electron chi connectivity index (χ0n) is 11.7. The van der Waals surface area contributed by atoms with Gasteiger partial charge in [-0.25, -0.2) is 9.78 Å². The van der Waals surface area contributed by atoms with Gasteiger partial charge in [0.15, 0.2) is 0 Å². The Balaban J connectivity index is 3.12. The molecule has 0 radical (unpaired) electrons. The molecule has 0 spiro atoms. The van der Waals surface area contributed by atoms with Gasteiger partial charge < -0.3 is 10.5 Å². The summed E-state index contributed by atoms with van der Waals surface area (Å²) in [4.78, 5) is 17.0. The summed E-state index contributed by atoms with van der Waals surface area (Å²) in [6.45, 7) is 10.3. The first kappa shape index (κ1) is 15.1. The van der Waals surface area contributed by atoms with E-state index in [0.717, 1.165) is 10.7 Å². The summed E-state index contributed by atoms with van der Waals surface area (Å²) >= 11 is 1.36. The Morgan fingerprint density at radius 1 is 1.39 bits per heavy atom. The van der Waals surface area contributed by atoms with Crippen LogP contribution in [0.5, 0.6) is 0 Å². The molecule has 0 saturated carbocycles. The van der Waals surface area contributed by atoms with Gasteiger partial charge in [0.05, 0.1) is 18.3 Å². The second-order valence-corrected chi connectivity index (χ2v) is 5.94. The van der Waals surface area contributed by atoms with Crippen molar-refractivity contribution in [1.29, 1.82) is 0 Å². The van der Waals surface area contributed by atoms with E-state index in [1.807, 2.05) is 27.7 Å². The van der Waals surface area contributed by atoms with E-state index in [-0.39, 0.29) is 17.9 Å². The van der Waals surface area contributed by atoms with Gasteiger partial charge in [0.2, 0.25) is 0 Å². The predicted molar refractivity (Wildman–Crippen MR) is 73.9 cm³/mol. The maximum absolute atomic E-state index is 11.9. The Kier molecular flexibility index (Phi) is 5.28. The summed E-state index contributed by atoms with van der Waals surface area (Å²) in [7, 11) is 0. The van der Waals surface area contributed by atoms with Crippen molar-refractivity contribution in [2.24, 2.45) is 11.7 Å². The van der Waals surface area contributed by atoms with E-state index in [1.54, 1.807) is 6.92 Å². The molecule has 102 valence electrons. The van der Waals surface area contributed by atoms with Gasteiger partial charge in [-0.2, -0.15) is 0 Å². The molecule has 5 heteroatoms. The Hall–Kier alpha value is -0.940.